The summed E-state index contributed by atoms with van der Waals surface area (Å²) in [5.74, 6) is -2.03. The van der Waals surface area contributed by atoms with E-state index in [9.17, 15) is 23.6 Å². The summed E-state index contributed by atoms with van der Waals surface area (Å²) in [5, 5.41) is 15.1. The summed E-state index contributed by atoms with van der Waals surface area (Å²) in [5.41, 5.74) is 6.85. The van der Waals surface area contributed by atoms with Crippen LogP contribution in [0.4, 0.5) is 9.18 Å². The maximum atomic E-state index is 13.7. The lowest BCUT2D eigenvalue weighted by Gasteiger charge is -2.29. The monoisotopic (exact) mass is 568 g/mol. The SMILES string of the molecule is N=C(N)NCCC[C@H](NC(=O)[C@@H]1CCCN1C(=O)[C@H](Cc1ccccc1)NC(=O)OCc1ccccc1)C(=O)CF. The van der Waals surface area contributed by atoms with E-state index in [0.717, 1.165) is 11.1 Å². The number of halogens is 1. The Balaban J connectivity index is 1.68. The van der Waals surface area contributed by atoms with Gasteiger partial charge in [0.05, 0.1) is 6.04 Å². The summed E-state index contributed by atoms with van der Waals surface area (Å²) in [6.45, 7) is -0.651. The average Bonchev–Trinajstić information content (AvgIpc) is 3.48. The first kappa shape index (κ1) is 31.1. The normalized spacial score (nSPS) is 15.8. The molecule has 0 radical (unpaired) electrons. The minimum atomic E-state index is -1.24. The third kappa shape index (κ3) is 9.89. The van der Waals surface area contributed by atoms with Crippen molar-refractivity contribution in [3.63, 3.8) is 0 Å². The van der Waals surface area contributed by atoms with Gasteiger partial charge in [-0.25, -0.2) is 9.18 Å². The Bertz CT molecular complexity index is 1180. The zero-order valence-electron chi connectivity index (χ0n) is 22.8. The fraction of sp³-hybridized carbons (Fsp3) is 0.414. The fourth-order valence-corrected chi connectivity index (χ4v) is 4.66. The molecule has 1 saturated heterocycles. The van der Waals surface area contributed by atoms with Crippen molar-refractivity contribution < 1.29 is 28.3 Å². The number of Topliss-reactive ketones (excluding diaryl/α,β-unsaturated/α-hetero) is 1. The lowest BCUT2D eigenvalue weighted by atomic mass is 10.0. The molecule has 2 aromatic rings. The molecular weight excluding hydrogens is 531 g/mol. The molecule has 1 fully saturated rings. The van der Waals surface area contributed by atoms with Gasteiger partial charge in [-0.2, -0.15) is 0 Å². The van der Waals surface area contributed by atoms with Crippen LogP contribution < -0.4 is 21.7 Å². The molecule has 220 valence electrons. The fourth-order valence-electron chi connectivity index (χ4n) is 4.66. The van der Waals surface area contributed by atoms with E-state index in [2.05, 4.69) is 16.0 Å². The highest BCUT2D eigenvalue weighted by Gasteiger charge is 2.39. The molecule has 3 atom stereocenters. The van der Waals surface area contributed by atoms with Gasteiger partial charge < -0.3 is 31.3 Å². The highest BCUT2D eigenvalue weighted by molar-refractivity contribution is 5.95. The number of carbonyl (C=O) groups is 4. The minimum absolute atomic E-state index is 0.0274. The molecule has 0 saturated carbocycles. The maximum absolute atomic E-state index is 13.7. The van der Waals surface area contributed by atoms with Gasteiger partial charge in [0, 0.05) is 19.5 Å². The molecule has 1 aliphatic rings. The van der Waals surface area contributed by atoms with Gasteiger partial charge in [-0.1, -0.05) is 60.7 Å². The van der Waals surface area contributed by atoms with Crippen LogP contribution in [0.15, 0.2) is 60.7 Å². The number of ether oxygens (including phenoxy) is 1. The molecule has 0 aromatic heterocycles. The first-order valence-electron chi connectivity index (χ1n) is 13.6. The van der Waals surface area contributed by atoms with Gasteiger partial charge in [0.1, 0.15) is 25.4 Å². The number of nitrogens with one attached hydrogen (secondary N) is 4. The van der Waals surface area contributed by atoms with E-state index in [-0.39, 0.29) is 38.5 Å². The molecule has 41 heavy (non-hydrogen) atoms. The van der Waals surface area contributed by atoms with E-state index in [4.69, 9.17) is 15.9 Å². The van der Waals surface area contributed by atoms with Crippen molar-refractivity contribution in [2.75, 3.05) is 19.8 Å². The zero-order chi connectivity index (χ0) is 29.6. The minimum Gasteiger partial charge on any atom is -0.445 e. The van der Waals surface area contributed by atoms with Crippen molar-refractivity contribution in [3.8, 4) is 0 Å². The summed E-state index contributed by atoms with van der Waals surface area (Å²) in [6, 6.07) is 15.3. The summed E-state index contributed by atoms with van der Waals surface area (Å²) in [4.78, 5) is 53.2. The molecule has 3 amide bonds. The molecule has 12 heteroatoms. The van der Waals surface area contributed by atoms with E-state index in [1.807, 2.05) is 60.7 Å². The molecule has 0 unspecified atom stereocenters. The van der Waals surface area contributed by atoms with Crippen LogP contribution in [0.25, 0.3) is 0 Å². The Hall–Kier alpha value is -4.48. The Morgan fingerprint density at radius 1 is 1.00 bits per heavy atom. The van der Waals surface area contributed by atoms with Crippen LogP contribution in [-0.2, 0) is 32.1 Å². The number of alkyl halides is 1. The molecule has 1 heterocycles. The van der Waals surface area contributed by atoms with Crippen molar-refractivity contribution in [2.24, 2.45) is 5.73 Å². The standard InChI is InChI=1S/C29H37FN6O5/c30-18-25(37)22(13-7-15-33-28(31)32)34-26(38)24-14-8-16-36(24)27(39)23(17-20-9-3-1-4-10-20)35-29(40)41-19-21-11-5-2-6-12-21/h1-6,9-12,22-24H,7-8,13-19H2,(H,34,38)(H,35,40)(H4,31,32,33)/t22-,23-,24-/m0/s1. The van der Waals surface area contributed by atoms with E-state index in [1.54, 1.807) is 0 Å². The predicted molar refractivity (Wildman–Crippen MR) is 150 cm³/mol. The smallest absolute Gasteiger partial charge is 0.408 e. The lowest BCUT2D eigenvalue weighted by molar-refractivity contribution is -0.140. The molecule has 0 bridgehead atoms. The Kier molecular flexibility index (Phi) is 12.1. The molecular formula is C29H37FN6O5. The maximum Gasteiger partial charge on any atom is 0.408 e. The zero-order valence-corrected chi connectivity index (χ0v) is 22.8. The molecule has 0 spiro atoms. The summed E-state index contributed by atoms with van der Waals surface area (Å²) in [6.07, 6.45) is 0.813. The molecule has 11 nitrogen and oxygen atoms in total. The molecule has 6 N–H and O–H groups in total. The van der Waals surface area contributed by atoms with Gasteiger partial charge in [-0.3, -0.25) is 19.8 Å². The van der Waals surface area contributed by atoms with E-state index in [0.29, 0.717) is 19.3 Å². The van der Waals surface area contributed by atoms with Crippen molar-refractivity contribution >= 4 is 29.7 Å². The predicted octanol–water partition coefficient (Wildman–Crippen LogP) is 1.80. The number of guanidine groups is 1. The topological polar surface area (TPSA) is 167 Å². The van der Waals surface area contributed by atoms with Crippen LogP contribution in [0.1, 0.15) is 36.8 Å². The number of nitrogens with two attached hydrogens (primary N) is 1. The van der Waals surface area contributed by atoms with E-state index >= 15 is 0 Å². The number of carbonyl (C=O) groups excluding carboxylic acids is 4. The number of ketones is 1. The second-order valence-corrected chi connectivity index (χ2v) is 9.78. The number of hydrogen-bond acceptors (Lipinski definition) is 6. The molecule has 0 aliphatic carbocycles. The quantitative estimate of drug-likeness (QED) is 0.132. The third-order valence-corrected chi connectivity index (χ3v) is 6.75. The Morgan fingerprint density at radius 2 is 1.66 bits per heavy atom. The molecule has 1 aliphatic heterocycles. The van der Waals surface area contributed by atoms with Crippen LogP contribution in [0, 0.1) is 5.41 Å². The second-order valence-electron chi connectivity index (χ2n) is 9.78. The number of amides is 3. The van der Waals surface area contributed by atoms with Crippen LogP contribution in [0.2, 0.25) is 0 Å². The Labute approximate surface area is 238 Å². The van der Waals surface area contributed by atoms with Crippen LogP contribution in [0.3, 0.4) is 0 Å². The number of hydrogen-bond donors (Lipinski definition) is 5. The van der Waals surface area contributed by atoms with E-state index in [1.165, 1.54) is 4.90 Å². The lowest BCUT2D eigenvalue weighted by Crippen LogP contribution is -2.56. The van der Waals surface area contributed by atoms with Crippen molar-refractivity contribution in [3.05, 3.63) is 71.8 Å². The first-order chi connectivity index (χ1) is 19.8. The average molecular weight is 569 g/mol. The van der Waals surface area contributed by atoms with Crippen LogP contribution in [-0.4, -0.2) is 72.4 Å². The second kappa shape index (κ2) is 15.9. The van der Waals surface area contributed by atoms with E-state index < -0.39 is 48.5 Å². The summed E-state index contributed by atoms with van der Waals surface area (Å²) < 4.78 is 18.6. The van der Waals surface area contributed by atoms with Gasteiger partial charge in [0.25, 0.3) is 0 Å². The highest BCUT2D eigenvalue weighted by atomic mass is 19.1. The molecule has 2 aromatic carbocycles. The number of benzene rings is 2. The molecule has 3 rings (SSSR count). The van der Waals surface area contributed by atoms with Crippen LogP contribution in [0.5, 0.6) is 0 Å². The van der Waals surface area contributed by atoms with Gasteiger partial charge in [-0.15, -0.1) is 0 Å². The van der Waals surface area contributed by atoms with Gasteiger partial charge in [0.15, 0.2) is 11.7 Å². The summed E-state index contributed by atoms with van der Waals surface area (Å²) in [7, 11) is 0. The number of rotatable bonds is 14. The number of nitrogens with zero attached hydrogens (tertiary/aromatic N) is 1. The van der Waals surface area contributed by atoms with Gasteiger partial charge in [0.2, 0.25) is 11.8 Å². The number of alkyl carbamates (subject to hydrolysis) is 1. The highest BCUT2D eigenvalue weighted by Crippen LogP contribution is 2.20. The van der Waals surface area contributed by atoms with Gasteiger partial charge >= 0.3 is 6.09 Å². The Morgan fingerprint density at radius 3 is 2.29 bits per heavy atom. The third-order valence-electron chi connectivity index (χ3n) is 6.75. The van der Waals surface area contributed by atoms with Gasteiger partial charge in [-0.05, 0) is 36.8 Å². The first-order valence-corrected chi connectivity index (χ1v) is 13.6. The van der Waals surface area contributed by atoms with Crippen molar-refractivity contribution in [1.82, 2.24) is 20.9 Å². The van der Waals surface area contributed by atoms with Crippen LogP contribution >= 0.6 is 0 Å². The summed E-state index contributed by atoms with van der Waals surface area (Å²) >= 11 is 0. The number of likely N-dealkylation sites (tertiary alicyclic amines) is 1. The van der Waals surface area contributed by atoms with Crippen molar-refractivity contribution in [2.45, 2.75) is 56.8 Å². The van der Waals surface area contributed by atoms with Crippen molar-refractivity contribution in [1.29, 1.82) is 5.41 Å². The largest absolute Gasteiger partial charge is 0.445 e.